The minimum absolute atomic E-state index is 0. The number of amidine groups is 1. The maximum atomic E-state index is 9.57. The second kappa shape index (κ2) is 5.09. The number of rotatable bonds is 1. The molecule has 1 heterocycles. The lowest BCUT2D eigenvalue weighted by molar-refractivity contribution is 0.459. The van der Waals surface area contributed by atoms with Crippen LogP contribution in [0.15, 0.2) is 28.4 Å². The summed E-state index contributed by atoms with van der Waals surface area (Å²) in [6.07, 6.45) is 0. The van der Waals surface area contributed by atoms with Gasteiger partial charge in [0.15, 0.2) is 5.17 Å². The number of nitrogens with zero attached hydrogens (tertiary/aromatic N) is 2. The van der Waals surface area contributed by atoms with Gasteiger partial charge in [-0.3, -0.25) is 0 Å². The molecule has 16 heavy (non-hydrogen) atoms. The number of hydrogen-bond acceptors (Lipinski definition) is 6. The van der Waals surface area contributed by atoms with Crippen LogP contribution in [0.5, 0.6) is 11.5 Å². The molecule has 5 nitrogen and oxygen atoms in total. The normalized spacial score (nSPS) is 14.8. The minimum atomic E-state index is 0. The van der Waals surface area contributed by atoms with Gasteiger partial charge >= 0.3 is 0 Å². The summed E-state index contributed by atoms with van der Waals surface area (Å²) in [4.78, 5) is 0. The Kier molecular flexibility index (Phi) is 4.03. The van der Waals surface area contributed by atoms with E-state index in [4.69, 9.17) is 5.73 Å². The quantitative estimate of drug-likeness (QED) is 0.663. The van der Waals surface area contributed by atoms with Crippen molar-refractivity contribution in [3.05, 3.63) is 23.8 Å². The van der Waals surface area contributed by atoms with E-state index in [9.17, 15) is 10.2 Å². The molecule has 1 aliphatic heterocycles. The van der Waals surface area contributed by atoms with Crippen LogP contribution in [0.2, 0.25) is 0 Å². The van der Waals surface area contributed by atoms with Gasteiger partial charge in [-0.1, -0.05) is 11.8 Å². The molecule has 1 aliphatic rings. The number of phenols is 2. The van der Waals surface area contributed by atoms with E-state index < -0.39 is 0 Å². The van der Waals surface area contributed by atoms with Crippen LogP contribution in [-0.2, 0) is 0 Å². The van der Waals surface area contributed by atoms with Crippen molar-refractivity contribution in [2.75, 3.05) is 5.75 Å². The third-order valence-electron chi connectivity index (χ3n) is 1.92. The van der Waals surface area contributed by atoms with Gasteiger partial charge < -0.3 is 15.9 Å². The summed E-state index contributed by atoms with van der Waals surface area (Å²) < 4.78 is 0. The van der Waals surface area contributed by atoms with Crippen molar-refractivity contribution in [1.29, 1.82) is 0 Å². The zero-order chi connectivity index (χ0) is 10.8. The van der Waals surface area contributed by atoms with Gasteiger partial charge in [-0.2, -0.15) is 5.10 Å². The first-order valence-electron chi connectivity index (χ1n) is 4.22. The molecule has 1 aromatic rings. The van der Waals surface area contributed by atoms with Gasteiger partial charge in [0.05, 0.1) is 5.71 Å². The Morgan fingerprint density at radius 2 is 2.00 bits per heavy atom. The molecule has 7 heteroatoms. The van der Waals surface area contributed by atoms with Gasteiger partial charge in [0, 0.05) is 11.3 Å². The molecule has 2 rings (SSSR count). The highest BCUT2D eigenvalue weighted by atomic mass is 35.5. The van der Waals surface area contributed by atoms with Crippen LogP contribution in [0.25, 0.3) is 0 Å². The molecule has 0 saturated carbocycles. The standard InChI is InChI=1S/C9H9N3O2S.ClH/c10-9-12-11-7(4-15-9)6-3-5(13)1-2-8(6)14;/h1-3,13-14H,4H2,(H2,10,12);1H. The first-order valence-corrected chi connectivity index (χ1v) is 5.20. The van der Waals surface area contributed by atoms with Gasteiger partial charge in [0.2, 0.25) is 0 Å². The number of halogens is 1. The summed E-state index contributed by atoms with van der Waals surface area (Å²) in [6.45, 7) is 0. The number of nitrogens with two attached hydrogens (primary N) is 1. The Balaban J connectivity index is 0.00000128. The average Bonchev–Trinajstić information content (AvgIpc) is 2.23. The van der Waals surface area contributed by atoms with Crippen molar-refractivity contribution >= 4 is 35.0 Å². The molecule has 4 N–H and O–H groups in total. The van der Waals surface area contributed by atoms with Gasteiger partial charge in [0.1, 0.15) is 11.5 Å². The molecule has 0 unspecified atom stereocenters. The van der Waals surface area contributed by atoms with Crippen LogP contribution < -0.4 is 5.73 Å². The monoisotopic (exact) mass is 259 g/mol. The fraction of sp³-hybridized carbons (Fsp3) is 0.111. The molecule has 0 atom stereocenters. The zero-order valence-corrected chi connectivity index (χ0v) is 9.75. The van der Waals surface area contributed by atoms with Crippen LogP contribution in [0.3, 0.4) is 0 Å². The summed E-state index contributed by atoms with van der Waals surface area (Å²) in [5.74, 6) is 0.688. The topological polar surface area (TPSA) is 91.2 Å². The number of benzene rings is 1. The Labute approximate surface area is 102 Å². The first kappa shape index (κ1) is 12.7. The minimum Gasteiger partial charge on any atom is -0.508 e. The van der Waals surface area contributed by atoms with Crippen molar-refractivity contribution in [2.45, 2.75) is 0 Å². The van der Waals surface area contributed by atoms with E-state index in [1.54, 1.807) is 0 Å². The second-order valence-electron chi connectivity index (χ2n) is 2.98. The van der Waals surface area contributed by atoms with Crippen LogP contribution in [-0.4, -0.2) is 26.8 Å². The van der Waals surface area contributed by atoms with Crippen molar-refractivity contribution in [2.24, 2.45) is 15.9 Å². The van der Waals surface area contributed by atoms with E-state index in [0.29, 0.717) is 22.2 Å². The maximum absolute atomic E-state index is 9.57. The molecule has 0 saturated heterocycles. The number of aromatic hydroxyl groups is 2. The maximum Gasteiger partial charge on any atom is 0.180 e. The molecule has 0 spiro atoms. The summed E-state index contributed by atoms with van der Waals surface area (Å²) >= 11 is 1.34. The molecule has 86 valence electrons. The molecule has 0 bridgehead atoms. The third-order valence-corrected chi connectivity index (χ3v) is 2.71. The molecule has 0 fully saturated rings. The predicted octanol–water partition coefficient (Wildman–Crippen LogP) is 1.29. The average molecular weight is 260 g/mol. The fourth-order valence-electron chi connectivity index (χ4n) is 1.20. The molecule has 1 aromatic carbocycles. The second-order valence-corrected chi connectivity index (χ2v) is 3.97. The molecular weight excluding hydrogens is 250 g/mol. The number of phenolic OH excluding ortho intramolecular Hbond substituents is 2. The van der Waals surface area contributed by atoms with Crippen molar-refractivity contribution in [3.63, 3.8) is 0 Å². The Bertz CT molecular complexity index is 462. The molecule has 0 aliphatic carbocycles. The van der Waals surface area contributed by atoms with Crippen LogP contribution in [0.4, 0.5) is 0 Å². The van der Waals surface area contributed by atoms with Crippen LogP contribution >= 0.6 is 24.2 Å². The van der Waals surface area contributed by atoms with Crippen LogP contribution in [0, 0.1) is 0 Å². The van der Waals surface area contributed by atoms with Crippen LogP contribution in [0.1, 0.15) is 5.56 Å². The van der Waals surface area contributed by atoms with E-state index in [1.165, 1.54) is 30.0 Å². The lowest BCUT2D eigenvalue weighted by atomic mass is 10.1. The molecule has 0 amide bonds. The Morgan fingerprint density at radius 3 is 2.62 bits per heavy atom. The smallest absolute Gasteiger partial charge is 0.180 e. The summed E-state index contributed by atoms with van der Waals surface area (Å²) in [6, 6.07) is 4.28. The van der Waals surface area contributed by atoms with E-state index >= 15 is 0 Å². The first-order chi connectivity index (χ1) is 7.16. The van der Waals surface area contributed by atoms with Gasteiger partial charge in [-0.15, -0.1) is 17.5 Å². The highest BCUT2D eigenvalue weighted by Gasteiger charge is 2.14. The van der Waals surface area contributed by atoms with E-state index in [0.717, 1.165) is 0 Å². The lowest BCUT2D eigenvalue weighted by Gasteiger charge is -2.10. The Morgan fingerprint density at radius 1 is 1.25 bits per heavy atom. The summed E-state index contributed by atoms with van der Waals surface area (Å²) in [5.41, 5.74) is 6.52. The van der Waals surface area contributed by atoms with E-state index in [1.807, 2.05) is 0 Å². The molecular formula is C9H10ClN3O2S. The molecule has 0 aromatic heterocycles. The largest absolute Gasteiger partial charge is 0.508 e. The van der Waals surface area contributed by atoms with E-state index in [-0.39, 0.29) is 23.9 Å². The SMILES string of the molecule is Cl.NC1=NN=C(c2cc(O)ccc2O)CS1. The fourth-order valence-corrected chi connectivity index (χ4v) is 1.79. The predicted molar refractivity (Wildman–Crippen MR) is 67.6 cm³/mol. The van der Waals surface area contributed by atoms with Crippen molar-refractivity contribution in [3.8, 4) is 11.5 Å². The highest BCUT2D eigenvalue weighted by molar-refractivity contribution is 8.14. The third kappa shape index (κ3) is 2.59. The lowest BCUT2D eigenvalue weighted by Crippen LogP contribution is -2.16. The summed E-state index contributed by atoms with van der Waals surface area (Å²) in [7, 11) is 0. The molecule has 0 radical (unpaired) electrons. The highest BCUT2D eigenvalue weighted by Crippen LogP contribution is 2.25. The number of hydrogen-bond donors (Lipinski definition) is 3. The Hall–Kier alpha value is -1.40. The zero-order valence-electron chi connectivity index (χ0n) is 8.12. The number of thioether (sulfide) groups is 1. The van der Waals surface area contributed by atoms with E-state index in [2.05, 4.69) is 10.2 Å². The summed E-state index contributed by atoms with van der Waals surface area (Å²) in [5, 5.41) is 26.8. The van der Waals surface area contributed by atoms with Gasteiger partial charge in [-0.25, -0.2) is 0 Å². The van der Waals surface area contributed by atoms with Gasteiger partial charge in [0.25, 0.3) is 0 Å². The van der Waals surface area contributed by atoms with Gasteiger partial charge in [-0.05, 0) is 18.2 Å². The van der Waals surface area contributed by atoms with Crippen molar-refractivity contribution < 1.29 is 10.2 Å². The van der Waals surface area contributed by atoms with Crippen molar-refractivity contribution in [1.82, 2.24) is 0 Å².